The SMILES string of the molecule is CNc1ccc(N(C)CCc2ccccc2Br)cc1. The van der Waals surface area contributed by atoms with Crippen molar-refractivity contribution in [3.8, 4) is 0 Å². The minimum Gasteiger partial charge on any atom is -0.388 e. The molecule has 0 aromatic heterocycles. The topological polar surface area (TPSA) is 15.3 Å². The maximum atomic E-state index is 3.59. The largest absolute Gasteiger partial charge is 0.388 e. The van der Waals surface area contributed by atoms with Gasteiger partial charge in [0.25, 0.3) is 0 Å². The Kier molecular flexibility index (Phi) is 4.86. The van der Waals surface area contributed by atoms with Crippen LogP contribution in [0.4, 0.5) is 11.4 Å². The number of halogens is 1. The first-order valence-corrected chi connectivity index (χ1v) is 7.22. The molecule has 19 heavy (non-hydrogen) atoms. The molecular formula is C16H19BrN2. The summed E-state index contributed by atoms with van der Waals surface area (Å²) in [5.41, 5.74) is 3.73. The molecule has 2 aromatic carbocycles. The van der Waals surface area contributed by atoms with Crippen LogP contribution in [0.3, 0.4) is 0 Å². The molecule has 1 N–H and O–H groups in total. The summed E-state index contributed by atoms with van der Waals surface area (Å²) in [6.45, 7) is 1.00. The van der Waals surface area contributed by atoms with Crippen molar-refractivity contribution >= 4 is 27.3 Å². The summed E-state index contributed by atoms with van der Waals surface area (Å²) in [5.74, 6) is 0. The molecule has 0 amide bonds. The van der Waals surface area contributed by atoms with Gasteiger partial charge in [-0.2, -0.15) is 0 Å². The Bertz CT molecular complexity index is 523. The van der Waals surface area contributed by atoms with Crippen molar-refractivity contribution in [1.82, 2.24) is 0 Å². The van der Waals surface area contributed by atoms with Crippen LogP contribution in [0, 0.1) is 0 Å². The van der Waals surface area contributed by atoms with E-state index in [1.165, 1.54) is 15.7 Å². The summed E-state index contributed by atoms with van der Waals surface area (Å²) >= 11 is 3.59. The van der Waals surface area contributed by atoms with Gasteiger partial charge in [-0.15, -0.1) is 0 Å². The van der Waals surface area contributed by atoms with E-state index in [4.69, 9.17) is 0 Å². The van der Waals surface area contributed by atoms with Crippen LogP contribution in [0.5, 0.6) is 0 Å². The third-order valence-corrected chi connectivity index (χ3v) is 4.04. The molecule has 2 nitrogen and oxygen atoms in total. The van der Waals surface area contributed by atoms with Crippen LogP contribution in [0.1, 0.15) is 5.56 Å². The Morgan fingerprint density at radius 1 is 1.05 bits per heavy atom. The van der Waals surface area contributed by atoms with Crippen molar-refractivity contribution in [1.29, 1.82) is 0 Å². The first-order chi connectivity index (χ1) is 9.20. The van der Waals surface area contributed by atoms with Crippen molar-refractivity contribution in [2.24, 2.45) is 0 Å². The van der Waals surface area contributed by atoms with E-state index >= 15 is 0 Å². The minimum atomic E-state index is 1.00. The third kappa shape index (κ3) is 3.74. The van der Waals surface area contributed by atoms with Crippen LogP contribution in [-0.2, 0) is 6.42 Å². The van der Waals surface area contributed by atoms with Crippen molar-refractivity contribution in [3.63, 3.8) is 0 Å². The van der Waals surface area contributed by atoms with E-state index in [0.29, 0.717) is 0 Å². The van der Waals surface area contributed by atoms with Crippen LogP contribution < -0.4 is 10.2 Å². The molecule has 0 aliphatic rings. The third-order valence-electron chi connectivity index (χ3n) is 3.27. The van der Waals surface area contributed by atoms with Gasteiger partial charge in [-0.05, 0) is 42.3 Å². The first-order valence-electron chi connectivity index (χ1n) is 6.43. The number of hydrogen-bond donors (Lipinski definition) is 1. The highest BCUT2D eigenvalue weighted by molar-refractivity contribution is 9.10. The molecule has 0 spiro atoms. The predicted octanol–water partition coefficient (Wildman–Crippen LogP) is 4.17. The van der Waals surface area contributed by atoms with Crippen molar-refractivity contribution in [2.45, 2.75) is 6.42 Å². The van der Waals surface area contributed by atoms with Gasteiger partial charge in [0.2, 0.25) is 0 Å². The normalized spacial score (nSPS) is 10.3. The van der Waals surface area contributed by atoms with Gasteiger partial charge in [0.15, 0.2) is 0 Å². The highest BCUT2D eigenvalue weighted by atomic mass is 79.9. The van der Waals surface area contributed by atoms with Crippen LogP contribution >= 0.6 is 15.9 Å². The molecule has 0 unspecified atom stereocenters. The lowest BCUT2D eigenvalue weighted by Crippen LogP contribution is -2.20. The fraction of sp³-hybridized carbons (Fsp3) is 0.250. The van der Waals surface area contributed by atoms with Crippen molar-refractivity contribution < 1.29 is 0 Å². The molecule has 0 bridgehead atoms. The maximum Gasteiger partial charge on any atom is 0.0365 e. The van der Waals surface area contributed by atoms with Crippen LogP contribution in [0.2, 0.25) is 0 Å². The highest BCUT2D eigenvalue weighted by Crippen LogP contribution is 2.19. The molecule has 0 saturated carbocycles. The monoisotopic (exact) mass is 318 g/mol. The molecule has 0 atom stereocenters. The zero-order valence-electron chi connectivity index (χ0n) is 11.4. The number of hydrogen-bond acceptors (Lipinski definition) is 2. The zero-order chi connectivity index (χ0) is 13.7. The van der Waals surface area contributed by atoms with Gasteiger partial charge < -0.3 is 10.2 Å². The Labute approximate surface area is 123 Å². The molecule has 3 heteroatoms. The average Bonchev–Trinajstić information content (AvgIpc) is 2.46. The predicted molar refractivity (Wildman–Crippen MR) is 87.1 cm³/mol. The average molecular weight is 319 g/mol. The summed E-state index contributed by atoms with van der Waals surface area (Å²) < 4.78 is 1.19. The Balaban J connectivity index is 1.97. The highest BCUT2D eigenvalue weighted by Gasteiger charge is 2.03. The standard InChI is InChI=1S/C16H19BrN2/c1-18-14-7-9-15(10-8-14)19(2)12-11-13-5-3-4-6-16(13)17/h3-10,18H,11-12H2,1-2H3. The lowest BCUT2D eigenvalue weighted by atomic mass is 10.1. The van der Waals surface area contributed by atoms with E-state index in [9.17, 15) is 0 Å². The number of likely N-dealkylation sites (N-methyl/N-ethyl adjacent to an activating group) is 1. The van der Waals surface area contributed by atoms with Crippen molar-refractivity contribution in [2.75, 3.05) is 30.9 Å². The second-order valence-electron chi connectivity index (χ2n) is 4.56. The second-order valence-corrected chi connectivity index (χ2v) is 5.41. The summed E-state index contributed by atoms with van der Waals surface area (Å²) in [4.78, 5) is 2.28. The fourth-order valence-corrected chi connectivity index (χ4v) is 2.48. The molecule has 0 aliphatic heterocycles. The zero-order valence-corrected chi connectivity index (χ0v) is 12.9. The molecule has 0 aliphatic carbocycles. The van der Waals surface area contributed by atoms with E-state index < -0.39 is 0 Å². The van der Waals surface area contributed by atoms with Crippen molar-refractivity contribution in [3.05, 3.63) is 58.6 Å². The van der Waals surface area contributed by atoms with Gasteiger partial charge in [0.1, 0.15) is 0 Å². The maximum absolute atomic E-state index is 3.59. The molecule has 0 fully saturated rings. The van der Waals surface area contributed by atoms with Gasteiger partial charge in [-0.25, -0.2) is 0 Å². The van der Waals surface area contributed by atoms with E-state index in [1.54, 1.807) is 0 Å². The minimum absolute atomic E-state index is 1.00. The smallest absolute Gasteiger partial charge is 0.0365 e. The Morgan fingerprint density at radius 3 is 2.37 bits per heavy atom. The Hall–Kier alpha value is -1.48. The summed E-state index contributed by atoms with van der Waals surface area (Å²) in [6.07, 6.45) is 1.03. The van der Waals surface area contributed by atoms with E-state index in [0.717, 1.165) is 18.7 Å². The van der Waals surface area contributed by atoms with E-state index in [-0.39, 0.29) is 0 Å². The lowest BCUT2D eigenvalue weighted by Gasteiger charge is -2.20. The molecule has 2 aromatic rings. The quantitative estimate of drug-likeness (QED) is 0.890. The van der Waals surface area contributed by atoms with Gasteiger partial charge in [0.05, 0.1) is 0 Å². The van der Waals surface area contributed by atoms with Gasteiger partial charge in [0, 0.05) is 36.5 Å². The van der Waals surface area contributed by atoms with Crippen LogP contribution in [0.15, 0.2) is 53.0 Å². The van der Waals surface area contributed by atoms with Gasteiger partial charge in [-0.3, -0.25) is 0 Å². The number of benzene rings is 2. The summed E-state index contributed by atoms with van der Waals surface area (Å²) in [6, 6.07) is 16.9. The number of nitrogens with zero attached hydrogens (tertiary/aromatic N) is 1. The molecule has 0 heterocycles. The van der Waals surface area contributed by atoms with Gasteiger partial charge >= 0.3 is 0 Å². The van der Waals surface area contributed by atoms with E-state index in [2.05, 4.69) is 75.7 Å². The number of rotatable bonds is 5. The first kappa shape index (κ1) is 13.9. The van der Waals surface area contributed by atoms with Crippen LogP contribution in [0.25, 0.3) is 0 Å². The van der Waals surface area contributed by atoms with Gasteiger partial charge in [-0.1, -0.05) is 34.1 Å². The molecule has 100 valence electrons. The molecule has 2 rings (SSSR count). The second kappa shape index (κ2) is 6.62. The Morgan fingerprint density at radius 2 is 1.74 bits per heavy atom. The summed E-state index contributed by atoms with van der Waals surface area (Å²) in [5, 5.41) is 3.13. The van der Waals surface area contributed by atoms with Crippen LogP contribution in [-0.4, -0.2) is 20.6 Å². The molecular weight excluding hydrogens is 300 g/mol. The lowest BCUT2D eigenvalue weighted by molar-refractivity contribution is 0.874. The number of anilines is 2. The number of nitrogens with one attached hydrogen (secondary N) is 1. The summed E-state index contributed by atoms with van der Waals surface area (Å²) in [7, 11) is 4.07. The fourth-order valence-electron chi connectivity index (χ4n) is 2.00. The van der Waals surface area contributed by atoms with E-state index in [1.807, 2.05) is 13.1 Å². The molecule has 0 radical (unpaired) electrons. The molecule has 0 saturated heterocycles.